The van der Waals surface area contributed by atoms with E-state index in [4.69, 9.17) is 14.8 Å². The van der Waals surface area contributed by atoms with Crippen molar-refractivity contribution in [3.63, 3.8) is 0 Å². The minimum atomic E-state index is -0.712. The van der Waals surface area contributed by atoms with Gasteiger partial charge in [-0.3, -0.25) is 4.79 Å². The van der Waals surface area contributed by atoms with Crippen LogP contribution in [0, 0.1) is 0 Å². The number of amides is 1. The van der Waals surface area contributed by atoms with Crippen LogP contribution in [0.1, 0.15) is 31.1 Å². The number of hydrogen-bond acceptors (Lipinski definition) is 6. The molecule has 1 amide bonds. The molecule has 0 saturated heterocycles. The molecule has 2 N–H and O–H groups in total. The molecular formula is C15H21N3O4. The van der Waals surface area contributed by atoms with Crippen molar-refractivity contribution >= 4 is 17.3 Å². The average molecular weight is 307 g/mol. The lowest BCUT2D eigenvalue weighted by Gasteiger charge is -2.17. The first kappa shape index (κ1) is 17.6. The summed E-state index contributed by atoms with van der Waals surface area (Å²) in [6.07, 6.45) is -0.712. The number of likely N-dealkylation sites (N-methyl/N-ethyl adjacent to an activating group) is 1. The third-order valence-electron chi connectivity index (χ3n) is 3.15. The molecule has 0 bridgehead atoms. The molecule has 0 heterocycles. The standard InChI is InChI=1S/C15H21N3O4/c1-10(17-20)11(2)18-22-9-12-7-5-6-8-13(12)14(21-4)15(19)16-3/h5-8,14,20H,9H2,1-4H3,(H,16,19). The van der Waals surface area contributed by atoms with Gasteiger partial charge in [-0.2, -0.15) is 0 Å². The number of ether oxygens (including phenoxy) is 1. The molecular weight excluding hydrogens is 286 g/mol. The van der Waals surface area contributed by atoms with Crippen LogP contribution >= 0.6 is 0 Å². The van der Waals surface area contributed by atoms with Crippen molar-refractivity contribution in [3.05, 3.63) is 35.4 Å². The number of rotatable bonds is 7. The number of nitrogens with zero attached hydrogens (tertiary/aromatic N) is 2. The monoisotopic (exact) mass is 307 g/mol. The molecule has 0 fully saturated rings. The van der Waals surface area contributed by atoms with Crippen molar-refractivity contribution in [2.45, 2.75) is 26.6 Å². The Balaban J connectivity index is 2.91. The summed E-state index contributed by atoms with van der Waals surface area (Å²) in [5, 5.41) is 18.1. The summed E-state index contributed by atoms with van der Waals surface area (Å²) in [4.78, 5) is 17.1. The van der Waals surface area contributed by atoms with Crippen molar-refractivity contribution in [1.29, 1.82) is 0 Å². The summed E-state index contributed by atoms with van der Waals surface area (Å²) < 4.78 is 5.26. The van der Waals surface area contributed by atoms with E-state index in [0.29, 0.717) is 17.0 Å². The van der Waals surface area contributed by atoms with Crippen molar-refractivity contribution in [1.82, 2.24) is 5.32 Å². The van der Waals surface area contributed by atoms with Crippen LogP contribution in [0.25, 0.3) is 0 Å². The van der Waals surface area contributed by atoms with Crippen molar-refractivity contribution in [3.8, 4) is 0 Å². The van der Waals surface area contributed by atoms with Crippen LogP contribution in [0.15, 0.2) is 34.6 Å². The van der Waals surface area contributed by atoms with Gasteiger partial charge < -0.3 is 20.1 Å². The lowest BCUT2D eigenvalue weighted by Crippen LogP contribution is -2.27. The molecule has 7 nitrogen and oxygen atoms in total. The van der Waals surface area contributed by atoms with E-state index in [1.165, 1.54) is 7.11 Å². The number of methoxy groups -OCH3 is 1. The first-order valence-electron chi connectivity index (χ1n) is 6.72. The van der Waals surface area contributed by atoms with Crippen molar-refractivity contribution < 1.29 is 19.6 Å². The third kappa shape index (κ3) is 4.56. The number of carbonyl (C=O) groups is 1. The molecule has 0 spiro atoms. The minimum absolute atomic E-state index is 0.170. The lowest BCUT2D eigenvalue weighted by molar-refractivity contribution is -0.130. The molecule has 0 aliphatic carbocycles. The van der Waals surface area contributed by atoms with Crippen LogP contribution in [0.2, 0.25) is 0 Å². The highest BCUT2D eigenvalue weighted by Gasteiger charge is 2.21. The number of carbonyl (C=O) groups excluding carboxylic acids is 1. The third-order valence-corrected chi connectivity index (χ3v) is 3.15. The highest BCUT2D eigenvalue weighted by molar-refractivity contribution is 6.40. The van der Waals surface area contributed by atoms with Crippen LogP contribution < -0.4 is 5.32 Å². The smallest absolute Gasteiger partial charge is 0.253 e. The Bertz CT molecular complexity index is 570. The fourth-order valence-corrected chi connectivity index (χ4v) is 1.76. The maximum absolute atomic E-state index is 11.9. The number of benzene rings is 1. The maximum atomic E-state index is 11.9. The van der Waals surface area contributed by atoms with Gasteiger partial charge >= 0.3 is 0 Å². The van der Waals surface area contributed by atoms with Crippen LogP contribution in [0.3, 0.4) is 0 Å². The number of oxime groups is 2. The second kappa shape index (κ2) is 8.78. The Hall–Kier alpha value is -2.41. The Morgan fingerprint density at radius 1 is 1.32 bits per heavy atom. The van der Waals surface area contributed by atoms with Gasteiger partial charge in [0.1, 0.15) is 18.0 Å². The zero-order valence-corrected chi connectivity index (χ0v) is 13.2. The SMILES string of the molecule is CNC(=O)C(OC)c1ccccc1CON=C(C)C(C)=NO. The van der Waals surface area contributed by atoms with Crippen molar-refractivity contribution in [2.75, 3.05) is 14.2 Å². The van der Waals surface area contributed by atoms with Gasteiger partial charge in [-0.15, -0.1) is 0 Å². The molecule has 0 aliphatic rings. The summed E-state index contributed by atoms with van der Waals surface area (Å²) in [6, 6.07) is 7.31. The molecule has 0 aromatic heterocycles. The molecule has 7 heteroatoms. The van der Waals surface area contributed by atoms with Crippen LogP contribution in [-0.4, -0.2) is 36.7 Å². The van der Waals surface area contributed by atoms with Gasteiger partial charge in [-0.1, -0.05) is 34.6 Å². The zero-order valence-electron chi connectivity index (χ0n) is 13.2. The highest BCUT2D eigenvalue weighted by atomic mass is 16.6. The normalized spacial score (nSPS) is 13.6. The van der Waals surface area contributed by atoms with Crippen LogP contribution in [-0.2, 0) is 21.0 Å². The quantitative estimate of drug-likeness (QED) is 0.457. The molecule has 22 heavy (non-hydrogen) atoms. The Kier molecular flexibility index (Phi) is 7.04. The van der Waals surface area contributed by atoms with E-state index < -0.39 is 6.10 Å². The summed E-state index contributed by atoms with van der Waals surface area (Å²) in [6.45, 7) is 3.45. The van der Waals surface area contributed by atoms with Gasteiger partial charge in [0.05, 0.1) is 0 Å². The van der Waals surface area contributed by atoms with Gasteiger partial charge in [0.15, 0.2) is 6.10 Å². The Morgan fingerprint density at radius 3 is 2.59 bits per heavy atom. The fraction of sp³-hybridized carbons (Fsp3) is 0.400. The first-order valence-corrected chi connectivity index (χ1v) is 6.72. The largest absolute Gasteiger partial charge is 0.411 e. The van der Waals surface area contributed by atoms with E-state index in [1.807, 2.05) is 18.2 Å². The lowest BCUT2D eigenvalue weighted by atomic mass is 10.0. The zero-order chi connectivity index (χ0) is 16.5. The van der Waals surface area contributed by atoms with E-state index in [2.05, 4.69) is 15.6 Å². The molecule has 1 aromatic rings. The van der Waals surface area contributed by atoms with Gasteiger partial charge in [0.25, 0.3) is 5.91 Å². The molecule has 120 valence electrons. The molecule has 1 unspecified atom stereocenters. The van der Waals surface area contributed by atoms with E-state index >= 15 is 0 Å². The molecule has 1 atom stereocenters. The number of nitrogens with one attached hydrogen (secondary N) is 1. The summed E-state index contributed by atoms with van der Waals surface area (Å²) in [7, 11) is 3.03. The molecule has 1 rings (SSSR count). The van der Waals surface area contributed by atoms with E-state index in [9.17, 15) is 4.79 Å². The molecule has 0 saturated carbocycles. The molecule has 1 aromatic carbocycles. The molecule has 0 radical (unpaired) electrons. The Labute approximate surface area is 129 Å². The topological polar surface area (TPSA) is 92.5 Å². The highest BCUT2D eigenvalue weighted by Crippen LogP contribution is 2.22. The summed E-state index contributed by atoms with van der Waals surface area (Å²) >= 11 is 0. The van der Waals surface area contributed by atoms with E-state index in [1.54, 1.807) is 27.0 Å². The van der Waals surface area contributed by atoms with Crippen molar-refractivity contribution in [2.24, 2.45) is 10.3 Å². The predicted octanol–water partition coefficient (Wildman–Crippen LogP) is 1.86. The second-order valence-corrected chi connectivity index (χ2v) is 4.56. The summed E-state index contributed by atoms with van der Waals surface area (Å²) in [5.74, 6) is -0.238. The van der Waals surface area contributed by atoms with Crippen LogP contribution in [0.5, 0.6) is 0 Å². The first-order chi connectivity index (χ1) is 10.5. The second-order valence-electron chi connectivity index (χ2n) is 4.56. The van der Waals surface area contributed by atoms with E-state index in [-0.39, 0.29) is 12.5 Å². The number of hydrogen-bond donors (Lipinski definition) is 2. The maximum Gasteiger partial charge on any atom is 0.253 e. The molecule has 0 aliphatic heterocycles. The van der Waals surface area contributed by atoms with Gasteiger partial charge in [-0.25, -0.2) is 0 Å². The van der Waals surface area contributed by atoms with Gasteiger partial charge in [-0.05, 0) is 25.0 Å². The van der Waals surface area contributed by atoms with Crippen LogP contribution in [0.4, 0.5) is 0 Å². The van der Waals surface area contributed by atoms with Gasteiger partial charge in [0.2, 0.25) is 0 Å². The van der Waals surface area contributed by atoms with E-state index in [0.717, 1.165) is 5.56 Å². The van der Waals surface area contributed by atoms with Gasteiger partial charge in [0, 0.05) is 14.2 Å². The minimum Gasteiger partial charge on any atom is -0.411 e. The summed E-state index contributed by atoms with van der Waals surface area (Å²) in [5.41, 5.74) is 2.33. The fourth-order valence-electron chi connectivity index (χ4n) is 1.76. The average Bonchev–Trinajstić information content (AvgIpc) is 2.55. The predicted molar refractivity (Wildman–Crippen MR) is 83.1 cm³/mol. The Morgan fingerprint density at radius 2 is 2.00 bits per heavy atom.